The molecule has 3 nitrogen and oxygen atoms in total. The summed E-state index contributed by atoms with van der Waals surface area (Å²) >= 11 is 2.13. The zero-order valence-corrected chi connectivity index (χ0v) is 13.5. The van der Waals surface area contributed by atoms with Crippen LogP contribution in [0.3, 0.4) is 0 Å². The Labute approximate surface area is 122 Å². The van der Waals surface area contributed by atoms with Crippen molar-refractivity contribution in [1.29, 1.82) is 0 Å². The summed E-state index contributed by atoms with van der Waals surface area (Å²) in [5.74, 6) is 1.24. The average molecular weight is 286 g/mol. The lowest BCUT2D eigenvalue weighted by Gasteiger charge is -2.36. The summed E-state index contributed by atoms with van der Waals surface area (Å²) < 4.78 is 5.90. The molecule has 3 unspecified atom stereocenters. The highest BCUT2D eigenvalue weighted by molar-refractivity contribution is 7.99. The quantitative estimate of drug-likeness (QED) is 0.810. The molecule has 0 radical (unpaired) electrons. The maximum atomic E-state index is 5.90. The second-order valence-electron chi connectivity index (χ2n) is 6.02. The second kappa shape index (κ2) is 7.87. The third-order valence-electron chi connectivity index (χ3n) is 4.34. The largest absolute Gasteiger partial charge is 0.374 e. The van der Waals surface area contributed by atoms with Gasteiger partial charge in [0, 0.05) is 37.0 Å². The Bertz CT molecular complexity index is 263. The van der Waals surface area contributed by atoms with Crippen LogP contribution in [0.5, 0.6) is 0 Å². The standard InChI is InChI=1S/C15H30N2OS/c1-4-19-15-7-5-6-14(15)16-10-13-11-17(12(2)3)8-9-18-13/h12-16H,4-11H2,1-3H3. The molecular weight excluding hydrogens is 256 g/mol. The van der Waals surface area contributed by atoms with E-state index in [0.29, 0.717) is 18.2 Å². The molecule has 0 aromatic heterocycles. The topological polar surface area (TPSA) is 24.5 Å². The van der Waals surface area contributed by atoms with E-state index in [1.807, 2.05) is 0 Å². The van der Waals surface area contributed by atoms with E-state index in [0.717, 1.165) is 31.5 Å². The van der Waals surface area contributed by atoms with Crippen molar-refractivity contribution in [3.8, 4) is 0 Å². The van der Waals surface area contributed by atoms with E-state index in [-0.39, 0.29) is 0 Å². The van der Waals surface area contributed by atoms with Crippen molar-refractivity contribution in [2.45, 2.75) is 63.5 Å². The first-order chi connectivity index (χ1) is 9.20. The Balaban J connectivity index is 1.72. The molecule has 0 amide bonds. The summed E-state index contributed by atoms with van der Waals surface area (Å²) in [4.78, 5) is 2.53. The van der Waals surface area contributed by atoms with Crippen molar-refractivity contribution in [3.05, 3.63) is 0 Å². The van der Waals surface area contributed by atoms with Crippen LogP contribution in [0.15, 0.2) is 0 Å². The number of morpholine rings is 1. The molecule has 112 valence electrons. The molecule has 3 atom stereocenters. The monoisotopic (exact) mass is 286 g/mol. The van der Waals surface area contributed by atoms with Gasteiger partial charge >= 0.3 is 0 Å². The van der Waals surface area contributed by atoms with E-state index in [1.54, 1.807) is 0 Å². The molecule has 0 aromatic carbocycles. The molecule has 1 saturated carbocycles. The summed E-state index contributed by atoms with van der Waals surface area (Å²) in [5.41, 5.74) is 0. The number of rotatable bonds is 6. The van der Waals surface area contributed by atoms with Gasteiger partial charge in [0.15, 0.2) is 0 Å². The number of hydrogen-bond donors (Lipinski definition) is 1. The number of nitrogens with one attached hydrogen (secondary N) is 1. The third-order valence-corrected chi connectivity index (χ3v) is 5.67. The van der Waals surface area contributed by atoms with Gasteiger partial charge in [-0.3, -0.25) is 4.90 Å². The van der Waals surface area contributed by atoms with Gasteiger partial charge in [-0.2, -0.15) is 11.8 Å². The number of ether oxygens (including phenoxy) is 1. The van der Waals surface area contributed by atoms with Crippen LogP contribution in [0, 0.1) is 0 Å². The summed E-state index contributed by atoms with van der Waals surface area (Å²) in [6.45, 7) is 10.9. The SMILES string of the molecule is CCSC1CCCC1NCC1CN(C(C)C)CCO1. The van der Waals surface area contributed by atoms with Crippen LogP contribution in [-0.2, 0) is 4.74 Å². The van der Waals surface area contributed by atoms with Crippen LogP contribution >= 0.6 is 11.8 Å². The molecule has 0 aromatic rings. The van der Waals surface area contributed by atoms with Crippen LogP contribution in [0.2, 0.25) is 0 Å². The van der Waals surface area contributed by atoms with Crippen LogP contribution in [0.1, 0.15) is 40.0 Å². The van der Waals surface area contributed by atoms with Crippen molar-refractivity contribution < 1.29 is 4.74 Å². The highest BCUT2D eigenvalue weighted by atomic mass is 32.2. The molecule has 2 aliphatic rings. The lowest BCUT2D eigenvalue weighted by atomic mass is 10.2. The first-order valence-corrected chi connectivity index (χ1v) is 8.96. The summed E-state index contributed by atoms with van der Waals surface area (Å²) in [6.07, 6.45) is 4.50. The van der Waals surface area contributed by atoms with Crippen molar-refractivity contribution in [2.24, 2.45) is 0 Å². The molecule has 4 heteroatoms. The van der Waals surface area contributed by atoms with E-state index in [9.17, 15) is 0 Å². The molecule has 2 fully saturated rings. The van der Waals surface area contributed by atoms with Gasteiger partial charge in [0.25, 0.3) is 0 Å². The van der Waals surface area contributed by atoms with Crippen molar-refractivity contribution in [1.82, 2.24) is 10.2 Å². The van der Waals surface area contributed by atoms with Gasteiger partial charge in [-0.25, -0.2) is 0 Å². The predicted octanol–water partition coefficient (Wildman–Crippen LogP) is 2.36. The highest BCUT2D eigenvalue weighted by Crippen LogP contribution is 2.29. The molecule has 0 spiro atoms. The van der Waals surface area contributed by atoms with Crippen LogP contribution in [0.4, 0.5) is 0 Å². The fourth-order valence-electron chi connectivity index (χ4n) is 3.19. The highest BCUT2D eigenvalue weighted by Gasteiger charge is 2.28. The molecular formula is C15H30N2OS. The molecule has 1 aliphatic carbocycles. The first kappa shape index (κ1) is 15.6. The molecule has 1 N–H and O–H groups in total. The minimum absolute atomic E-state index is 0.379. The average Bonchev–Trinajstić information content (AvgIpc) is 2.85. The Hall–Kier alpha value is 0.230. The van der Waals surface area contributed by atoms with E-state index in [1.165, 1.54) is 25.0 Å². The van der Waals surface area contributed by atoms with Gasteiger partial charge in [0.2, 0.25) is 0 Å². The summed E-state index contributed by atoms with van der Waals surface area (Å²) in [6, 6.07) is 1.35. The lowest BCUT2D eigenvalue weighted by molar-refractivity contribution is -0.0380. The third kappa shape index (κ3) is 4.62. The van der Waals surface area contributed by atoms with E-state index >= 15 is 0 Å². The summed E-state index contributed by atoms with van der Waals surface area (Å²) in [5, 5.41) is 4.60. The van der Waals surface area contributed by atoms with Crippen LogP contribution < -0.4 is 5.32 Å². The van der Waals surface area contributed by atoms with E-state index < -0.39 is 0 Å². The van der Waals surface area contributed by atoms with Gasteiger partial charge in [0.1, 0.15) is 0 Å². The zero-order chi connectivity index (χ0) is 13.7. The van der Waals surface area contributed by atoms with E-state index in [4.69, 9.17) is 4.74 Å². The molecule has 1 aliphatic heterocycles. The Kier molecular flexibility index (Phi) is 6.46. The zero-order valence-electron chi connectivity index (χ0n) is 12.7. The van der Waals surface area contributed by atoms with E-state index in [2.05, 4.69) is 42.7 Å². The summed E-state index contributed by atoms with van der Waals surface area (Å²) in [7, 11) is 0. The Morgan fingerprint density at radius 3 is 2.95 bits per heavy atom. The molecule has 1 heterocycles. The second-order valence-corrected chi connectivity index (χ2v) is 7.54. The number of thioether (sulfide) groups is 1. The van der Waals surface area contributed by atoms with Crippen LogP contribution in [-0.4, -0.2) is 60.3 Å². The number of nitrogens with zero attached hydrogens (tertiary/aromatic N) is 1. The van der Waals surface area contributed by atoms with Crippen LogP contribution in [0.25, 0.3) is 0 Å². The van der Waals surface area contributed by atoms with Crippen molar-refractivity contribution in [2.75, 3.05) is 32.0 Å². The maximum absolute atomic E-state index is 5.90. The predicted molar refractivity (Wildman–Crippen MR) is 84.0 cm³/mol. The normalized spacial score (nSPS) is 33.2. The maximum Gasteiger partial charge on any atom is 0.0826 e. The molecule has 1 saturated heterocycles. The molecule has 2 rings (SSSR count). The Morgan fingerprint density at radius 2 is 2.21 bits per heavy atom. The van der Waals surface area contributed by atoms with Gasteiger partial charge in [-0.05, 0) is 32.4 Å². The van der Waals surface area contributed by atoms with Crippen molar-refractivity contribution >= 4 is 11.8 Å². The first-order valence-electron chi connectivity index (χ1n) is 7.91. The minimum Gasteiger partial charge on any atom is -0.374 e. The van der Waals surface area contributed by atoms with Crippen molar-refractivity contribution in [3.63, 3.8) is 0 Å². The molecule has 0 bridgehead atoms. The van der Waals surface area contributed by atoms with Gasteiger partial charge in [0.05, 0.1) is 12.7 Å². The lowest BCUT2D eigenvalue weighted by Crippen LogP contribution is -2.50. The van der Waals surface area contributed by atoms with Gasteiger partial charge in [-0.15, -0.1) is 0 Å². The van der Waals surface area contributed by atoms with Gasteiger partial charge < -0.3 is 10.1 Å². The smallest absolute Gasteiger partial charge is 0.0826 e. The number of hydrogen-bond acceptors (Lipinski definition) is 4. The Morgan fingerprint density at radius 1 is 1.37 bits per heavy atom. The minimum atomic E-state index is 0.379. The van der Waals surface area contributed by atoms with Gasteiger partial charge in [-0.1, -0.05) is 13.3 Å². The molecule has 19 heavy (non-hydrogen) atoms. The fraction of sp³-hybridized carbons (Fsp3) is 1.00. The fourth-order valence-corrected chi connectivity index (χ4v) is 4.42.